The zero-order valence-corrected chi connectivity index (χ0v) is 12.2. The normalized spacial score (nSPS) is 17.6. The number of aryl methyl sites for hydroxylation is 1. The van der Waals surface area contributed by atoms with Gasteiger partial charge in [-0.05, 0) is 41.2 Å². The molecule has 5 heteroatoms. The summed E-state index contributed by atoms with van der Waals surface area (Å²) in [5.74, 6) is -0.470. The highest BCUT2D eigenvalue weighted by atomic mass is 35.5. The van der Waals surface area contributed by atoms with Crippen molar-refractivity contribution >= 4 is 18.2 Å². The lowest BCUT2D eigenvalue weighted by atomic mass is 9.93. The van der Waals surface area contributed by atoms with Gasteiger partial charge in [0.1, 0.15) is 0 Å². The Hall–Kier alpha value is -1.78. The summed E-state index contributed by atoms with van der Waals surface area (Å²) < 4.78 is 13.3. The highest BCUT2D eigenvalue weighted by Crippen LogP contribution is 2.30. The van der Waals surface area contributed by atoms with Crippen molar-refractivity contribution < 1.29 is 9.18 Å². The van der Waals surface area contributed by atoms with Gasteiger partial charge in [0.2, 0.25) is 5.95 Å². The second kappa shape index (κ2) is 6.33. The van der Waals surface area contributed by atoms with Gasteiger partial charge in [0, 0.05) is 18.7 Å². The van der Waals surface area contributed by atoms with Crippen LogP contribution < -0.4 is 5.73 Å². The first-order chi connectivity index (χ1) is 9.65. The van der Waals surface area contributed by atoms with Crippen LogP contribution in [0.1, 0.15) is 17.5 Å². The van der Waals surface area contributed by atoms with Crippen LogP contribution >= 0.6 is 12.4 Å². The Morgan fingerprint density at radius 1 is 1.29 bits per heavy atom. The molecule has 3 nitrogen and oxygen atoms in total. The van der Waals surface area contributed by atoms with E-state index >= 15 is 0 Å². The number of carbonyl (C=O) groups excluding carboxylic acids is 1. The molecule has 0 aliphatic heterocycles. The van der Waals surface area contributed by atoms with E-state index in [-0.39, 0.29) is 18.2 Å². The summed E-state index contributed by atoms with van der Waals surface area (Å²) in [6, 6.07) is 8.62. The second-order valence-corrected chi connectivity index (χ2v) is 5.10. The number of carbonyl (C=O) groups is 1. The highest BCUT2D eigenvalue weighted by Gasteiger charge is 2.22. The standard InChI is InChI=1S/C16H15FN2O.ClH/c17-16-8-11(6-7-19-16)12-3-1-2-10-4-5-14(18)15(20)9-13(10)12;/h1-3,6-8,14H,4-5,9,18H2;1H. The molecule has 0 saturated carbocycles. The van der Waals surface area contributed by atoms with E-state index < -0.39 is 12.0 Å². The number of hydrogen-bond donors (Lipinski definition) is 1. The molecule has 0 fully saturated rings. The summed E-state index contributed by atoms with van der Waals surface area (Å²) in [4.78, 5) is 15.6. The lowest BCUT2D eigenvalue weighted by molar-refractivity contribution is -0.119. The molecule has 0 spiro atoms. The van der Waals surface area contributed by atoms with E-state index in [4.69, 9.17) is 5.73 Å². The monoisotopic (exact) mass is 306 g/mol. The molecule has 0 radical (unpaired) electrons. The molecule has 110 valence electrons. The molecule has 0 amide bonds. The molecule has 1 unspecified atom stereocenters. The number of Topliss-reactive ketones (excluding diaryl/α,β-unsaturated/α-hetero) is 1. The number of hydrogen-bond acceptors (Lipinski definition) is 3. The number of fused-ring (bicyclic) bond motifs is 1. The number of ketones is 1. The number of halogens is 2. The van der Waals surface area contributed by atoms with Gasteiger partial charge >= 0.3 is 0 Å². The smallest absolute Gasteiger partial charge is 0.213 e. The third kappa shape index (κ3) is 3.12. The van der Waals surface area contributed by atoms with Crippen LogP contribution in [0.25, 0.3) is 11.1 Å². The van der Waals surface area contributed by atoms with Crippen molar-refractivity contribution in [3.05, 3.63) is 53.6 Å². The summed E-state index contributed by atoms with van der Waals surface area (Å²) in [6.07, 6.45) is 3.20. The molecule has 1 aromatic heterocycles. The van der Waals surface area contributed by atoms with Gasteiger partial charge in [-0.1, -0.05) is 18.2 Å². The second-order valence-electron chi connectivity index (χ2n) is 5.10. The van der Waals surface area contributed by atoms with Crippen LogP contribution in [0, 0.1) is 5.95 Å². The molecule has 1 heterocycles. The van der Waals surface area contributed by atoms with Crippen molar-refractivity contribution in [2.75, 3.05) is 0 Å². The van der Waals surface area contributed by atoms with Crippen LogP contribution in [0.2, 0.25) is 0 Å². The van der Waals surface area contributed by atoms with Crippen LogP contribution in [0.15, 0.2) is 36.5 Å². The highest BCUT2D eigenvalue weighted by molar-refractivity contribution is 5.89. The molecule has 1 aliphatic rings. The quantitative estimate of drug-likeness (QED) is 0.651. The van der Waals surface area contributed by atoms with E-state index in [1.54, 1.807) is 6.07 Å². The van der Waals surface area contributed by atoms with Crippen molar-refractivity contribution in [1.29, 1.82) is 0 Å². The van der Waals surface area contributed by atoms with Gasteiger partial charge in [0.15, 0.2) is 5.78 Å². The topological polar surface area (TPSA) is 56.0 Å². The number of benzene rings is 1. The fourth-order valence-corrected chi connectivity index (χ4v) is 2.70. The summed E-state index contributed by atoms with van der Waals surface area (Å²) >= 11 is 0. The molecule has 21 heavy (non-hydrogen) atoms. The van der Waals surface area contributed by atoms with Gasteiger partial charge in [-0.3, -0.25) is 4.79 Å². The van der Waals surface area contributed by atoms with Crippen LogP contribution in [0.3, 0.4) is 0 Å². The number of rotatable bonds is 1. The van der Waals surface area contributed by atoms with Crippen molar-refractivity contribution in [3.8, 4) is 11.1 Å². The van der Waals surface area contributed by atoms with E-state index in [9.17, 15) is 9.18 Å². The van der Waals surface area contributed by atoms with Gasteiger partial charge in [0.25, 0.3) is 0 Å². The summed E-state index contributed by atoms with van der Waals surface area (Å²) in [6.45, 7) is 0. The van der Waals surface area contributed by atoms with E-state index in [1.165, 1.54) is 12.3 Å². The molecule has 1 atom stereocenters. The molecule has 3 rings (SSSR count). The largest absolute Gasteiger partial charge is 0.321 e. The van der Waals surface area contributed by atoms with Crippen LogP contribution in [0.4, 0.5) is 4.39 Å². The predicted molar refractivity (Wildman–Crippen MR) is 81.9 cm³/mol. The van der Waals surface area contributed by atoms with Gasteiger partial charge in [-0.15, -0.1) is 12.4 Å². The fourth-order valence-electron chi connectivity index (χ4n) is 2.70. The molecule has 1 aliphatic carbocycles. The molecule has 2 aromatic rings. The van der Waals surface area contributed by atoms with Gasteiger partial charge in [-0.2, -0.15) is 4.39 Å². The van der Waals surface area contributed by atoms with Crippen LogP contribution in [-0.4, -0.2) is 16.8 Å². The zero-order valence-electron chi connectivity index (χ0n) is 11.4. The molecule has 2 N–H and O–H groups in total. The minimum atomic E-state index is -0.517. The maximum absolute atomic E-state index is 13.3. The SMILES string of the molecule is Cl.NC1CCc2cccc(-c3ccnc(F)c3)c2CC1=O. The Labute approximate surface area is 128 Å². The summed E-state index contributed by atoms with van der Waals surface area (Å²) in [7, 11) is 0. The van der Waals surface area contributed by atoms with Gasteiger partial charge < -0.3 is 5.73 Å². The lowest BCUT2D eigenvalue weighted by Gasteiger charge is -2.12. The third-order valence-electron chi connectivity index (χ3n) is 3.80. The molecule has 0 bridgehead atoms. The Morgan fingerprint density at radius 3 is 2.86 bits per heavy atom. The number of nitrogens with two attached hydrogens (primary N) is 1. The van der Waals surface area contributed by atoms with Crippen molar-refractivity contribution in [2.24, 2.45) is 5.73 Å². The van der Waals surface area contributed by atoms with Gasteiger partial charge in [0.05, 0.1) is 6.04 Å². The van der Waals surface area contributed by atoms with E-state index in [0.29, 0.717) is 12.8 Å². The minimum Gasteiger partial charge on any atom is -0.321 e. The maximum atomic E-state index is 13.3. The lowest BCUT2D eigenvalue weighted by Crippen LogP contribution is -2.30. The van der Waals surface area contributed by atoms with Crippen LogP contribution in [0.5, 0.6) is 0 Å². The average molecular weight is 307 g/mol. The van der Waals surface area contributed by atoms with Gasteiger partial charge in [-0.25, -0.2) is 4.98 Å². The molecular weight excluding hydrogens is 291 g/mol. The average Bonchev–Trinajstić information content (AvgIpc) is 2.59. The zero-order chi connectivity index (χ0) is 14.1. The van der Waals surface area contributed by atoms with Crippen molar-refractivity contribution in [3.63, 3.8) is 0 Å². The molecule has 1 aromatic carbocycles. The first-order valence-corrected chi connectivity index (χ1v) is 6.66. The fraction of sp³-hybridized carbons (Fsp3) is 0.250. The summed E-state index contributed by atoms with van der Waals surface area (Å²) in [5, 5.41) is 0. The number of pyridine rings is 1. The molecule has 0 saturated heterocycles. The number of nitrogens with zero attached hydrogens (tertiary/aromatic N) is 1. The first-order valence-electron chi connectivity index (χ1n) is 6.66. The van der Waals surface area contributed by atoms with Crippen molar-refractivity contribution in [1.82, 2.24) is 4.98 Å². The molecular formula is C16H16ClFN2O. The third-order valence-corrected chi connectivity index (χ3v) is 3.80. The Balaban J connectivity index is 0.00000161. The summed E-state index contributed by atoms with van der Waals surface area (Å²) in [5.41, 5.74) is 9.59. The van der Waals surface area contributed by atoms with E-state index in [1.807, 2.05) is 18.2 Å². The minimum absolute atomic E-state index is 0. The maximum Gasteiger partial charge on any atom is 0.213 e. The van der Waals surface area contributed by atoms with Crippen molar-refractivity contribution in [2.45, 2.75) is 25.3 Å². The Kier molecular flexibility index (Phi) is 4.70. The van der Waals surface area contributed by atoms with E-state index in [0.717, 1.165) is 28.7 Å². The Morgan fingerprint density at radius 2 is 2.10 bits per heavy atom. The number of aromatic nitrogens is 1. The first kappa shape index (κ1) is 15.6. The van der Waals surface area contributed by atoms with Crippen LogP contribution in [-0.2, 0) is 17.6 Å². The Bertz CT molecular complexity index is 675. The van der Waals surface area contributed by atoms with E-state index in [2.05, 4.69) is 4.98 Å². The predicted octanol–water partition coefficient (Wildman–Crippen LogP) is 2.69.